The molecular weight excluding hydrogens is 394 g/mol. The predicted molar refractivity (Wildman–Crippen MR) is 122 cm³/mol. The highest BCUT2D eigenvalue weighted by atomic mass is 32.2. The van der Waals surface area contributed by atoms with Crippen molar-refractivity contribution in [2.24, 2.45) is 0 Å². The number of thioether (sulfide) groups is 1. The maximum atomic E-state index is 13.2. The van der Waals surface area contributed by atoms with E-state index >= 15 is 0 Å². The molecule has 1 aromatic heterocycles. The van der Waals surface area contributed by atoms with Gasteiger partial charge in [-0.05, 0) is 50.8 Å². The number of carbonyl (C=O) groups excluding carboxylic acids is 1. The third kappa shape index (κ3) is 4.43. The Balaban J connectivity index is 1.64. The molecule has 30 heavy (non-hydrogen) atoms. The van der Waals surface area contributed by atoms with Crippen LogP contribution in [0.3, 0.4) is 0 Å². The summed E-state index contributed by atoms with van der Waals surface area (Å²) in [5, 5.41) is 1.20. The fourth-order valence-electron chi connectivity index (χ4n) is 3.95. The highest BCUT2D eigenvalue weighted by Crippen LogP contribution is 2.22. The predicted octanol–water partition coefficient (Wildman–Crippen LogP) is 4.25. The molecule has 0 saturated carbocycles. The summed E-state index contributed by atoms with van der Waals surface area (Å²) in [6.45, 7) is 5.42. The molecule has 0 bridgehead atoms. The number of fused-ring (bicyclic) bond motifs is 1. The normalized spacial score (nSPS) is 16.7. The summed E-state index contributed by atoms with van der Waals surface area (Å²) in [4.78, 5) is 32.8. The Morgan fingerprint density at radius 2 is 1.90 bits per heavy atom. The number of hydrogen-bond acceptors (Lipinski definition) is 4. The lowest BCUT2D eigenvalue weighted by atomic mass is 10.0. The van der Waals surface area contributed by atoms with Gasteiger partial charge in [-0.25, -0.2) is 4.98 Å². The first-order chi connectivity index (χ1) is 14.5. The number of hydrogen-bond donors (Lipinski definition) is 0. The quantitative estimate of drug-likeness (QED) is 0.457. The summed E-state index contributed by atoms with van der Waals surface area (Å²) in [6, 6.07) is 15.8. The molecule has 5 nitrogen and oxygen atoms in total. The molecule has 3 aromatic rings. The maximum absolute atomic E-state index is 13.2. The standard InChI is InChI=1S/C24H27N3O2S/c1-17-10-12-19(13-11-17)15-27-23(29)20-8-3-4-9-21(20)25-24(27)30-16-22(28)26-14-6-5-7-18(26)2/h3-4,8-13,18H,5-7,14-16H2,1-2H3/t18-/m0/s1. The van der Waals surface area contributed by atoms with E-state index in [-0.39, 0.29) is 17.5 Å². The Labute approximate surface area is 181 Å². The molecule has 1 amide bonds. The molecule has 2 aromatic carbocycles. The van der Waals surface area contributed by atoms with Crippen molar-refractivity contribution >= 4 is 28.6 Å². The minimum atomic E-state index is -0.0672. The Hall–Kier alpha value is -2.60. The van der Waals surface area contributed by atoms with Crippen LogP contribution >= 0.6 is 11.8 Å². The van der Waals surface area contributed by atoms with Crippen LogP contribution in [0, 0.1) is 6.92 Å². The molecule has 0 spiro atoms. The first kappa shape index (κ1) is 20.7. The van der Waals surface area contributed by atoms with Gasteiger partial charge in [0.2, 0.25) is 5.91 Å². The van der Waals surface area contributed by atoms with E-state index in [0.29, 0.717) is 28.4 Å². The monoisotopic (exact) mass is 421 g/mol. The fourth-order valence-corrected chi connectivity index (χ4v) is 4.84. The van der Waals surface area contributed by atoms with Crippen molar-refractivity contribution in [1.82, 2.24) is 14.5 Å². The van der Waals surface area contributed by atoms with E-state index in [1.807, 2.05) is 60.4 Å². The number of amides is 1. The van der Waals surface area contributed by atoms with E-state index in [4.69, 9.17) is 4.98 Å². The van der Waals surface area contributed by atoms with Crippen molar-refractivity contribution in [3.8, 4) is 0 Å². The average molecular weight is 422 g/mol. The number of aryl methyl sites for hydroxylation is 1. The highest BCUT2D eigenvalue weighted by molar-refractivity contribution is 7.99. The molecule has 4 rings (SSSR count). The number of aromatic nitrogens is 2. The zero-order valence-electron chi connectivity index (χ0n) is 17.5. The summed E-state index contributed by atoms with van der Waals surface area (Å²) in [7, 11) is 0. The molecule has 1 saturated heterocycles. The third-order valence-electron chi connectivity index (χ3n) is 5.74. The molecule has 156 valence electrons. The van der Waals surface area contributed by atoms with Gasteiger partial charge in [0.25, 0.3) is 5.56 Å². The van der Waals surface area contributed by atoms with Crippen LogP contribution in [0.25, 0.3) is 10.9 Å². The molecule has 1 aliphatic heterocycles. The van der Waals surface area contributed by atoms with Crippen LogP contribution in [0.1, 0.15) is 37.3 Å². The van der Waals surface area contributed by atoms with Gasteiger partial charge in [-0.3, -0.25) is 14.2 Å². The Kier molecular flexibility index (Phi) is 6.23. The summed E-state index contributed by atoms with van der Waals surface area (Å²) in [6.07, 6.45) is 3.30. The average Bonchev–Trinajstić information content (AvgIpc) is 2.76. The fraction of sp³-hybridized carbons (Fsp3) is 0.375. The van der Waals surface area contributed by atoms with Gasteiger partial charge in [0.15, 0.2) is 5.16 Å². The van der Waals surface area contributed by atoms with Crippen LogP contribution in [0.4, 0.5) is 0 Å². The summed E-state index contributed by atoms with van der Waals surface area (Å²) < 4.78 is 1.70. The van der Waals surface area contributed by atoms with Gasteiger partial charge < -0.3 is 4.90 Å². The minimum absolute atomic E-state index is 0.0672. The van der Waals surface area contributed by atoms with Crippen molar-refractivity contribution in [2.75, 3.05) is 12.3 Å². The van der Waals surface area contributed by atoms with E-state index in [1.165, 1.54) is 23.7 Å². The molecule has 0 unspecified atom stereocenters. The van der Waals surface area contributed by atoms with Gasteiger partial charge in [0.05, 0.1) is 23.2 Å². The number of carbonyl (C=O) groups is 1. The van der Waals surface area contributed by atoms with Crippen LogP contribution in [0.5, 0.6) is 0 Å². The second kappa shape index (κ2) is 9.04. The minimum Gasteiger partial charge on any atom is -0.339 e. The van der Waals surface area contributed by atoms with E-state index in [9.17, 15) is 9.59 Å². The van der Waals surface area contributed by atoms with Gasteiger partial charge in [-0.15, -0.1) is 0 Å². The number of benzene rings is 2. The smallest absolute Gasteiger partial charge is 0.262 e. The van der Waals surface area contributed by atoms with Crippen LogP contribution in [-0.4, -0.2) is 38.7 Å². The zero-order chi connectivity index (χ0) is 21.1. The summed E-state index contributed by atoms with van der Waals surface area (Å²) >= 11 is 1.36. The van der Waals surface area contributed by atoms with E-state index in [0.717, 1.165) is 24.9 Å². The molecule has 2 heterocycles. The largest absolute Gasteiger partial charge is 0.339 e. The second-order valence-electron chi connectivity index (χ2n) is 8.01. The zero-order valence-corrected chi connectivity index (χ0v) is 18.3. The van der Waals surface area contributed by atoms with Gasteiger partial charge in [0, 0.05) is 12.6 Å². The first-order valence-corrected chi connectivity index (χ1v) is 11.5. The topological polar surface area (TPSA) is 55.2 Å². The van der Waals surface area contributed by atoms with E-state index < -0.39 is 0 Å². The summed E-state index contributed by atoms with van der Waals surface area (Å²) in [5.74, 6) is 0.416. The molecule has 0 radical (unpaired) electrons. The Morgan fingerprint density at radius 3 is 2.67 bits per heavy atom. The molecule has 1 fully saturated rings. The lowest BCUT2D eigenvalue weighted by molar-refractivity contribution is -0.131. The number of nitrogens with zero attached hydrogens (tertiary/aromatic N) is 3. The van der Waals surface area contributed by atoms with Crippen LogP contribution < -0.4 is 5.56 Å². The first-order valence-electron chi connectivity index (χ1n) is 10.5. The van der Waals surface area contributed by atoms with Gasteiger partial charge in [-0.1, -0.05) is 53.7 Å². The van der Waals surface area contributed by atoms with Crippen LogP contribution in [-0.2, 0) is 11.3 Å². The van der Waals surface area contributed by atoms with Crippen LogP contribution in [0.2, 0.25) is 0 Å². The number of likely N-dealkylation sites (tertiary alicyclic amines) is 1. The Morgan fingerprint density at radius 1 is 1.13 bits per heavy atom. The highest BCUT2D eigenvalue weighted by Gasteiger charge is 2.23. The molecule has 1 atom stereocenters. The molecule has 0 aliphatic carbocycles. The third-order valence-corrected chi connectivity index (χ3v) is 6.70. The molecule has 6 heteroatoms. The molecule has 1 aliphatic rings. The van der Waals surface area contributed by atoms with Gasteiger partial charge in [0.1, 0.15) is 0 Å². The number of rotatable bonds is 5. The Bertz CT molecular complexity index is 1110. The van der Waals surface area contributed by atoms with Gasteiger partial charge >= 0.3 is 0 Å². The molecule has 0 N–H and O–H groups in total. The second-order valence-corrected chi connectivity index (χ2v) is 8.95. The van der Waals surface area contributed by atoms with Crippen LogP contribution in [0.15, 0.2) is 58.5 Å². The van der Waals surface area contributed by atoms with Crippen molar-refractivity contribution in [1.29, 1.82) is 0 Å². The summed E-state index contributed by atoms with van der Waals surface area (Å²) in [5.41, 5.74) is 2.82. The molecular formula is C24H27N3O2S. The van der Waals surface area contributed by atoms with Gasteiger partial charge in [-0.2, -0.15) is 0 Å². The number of para-hydroxylation sites is 1. The van der Waals surface area contributed by atoms with E-state index in [2.05, 4.69) is 6.92 Å². The maximum Gasteiger partial charge on any atom is 0.262 e. The van der Waals surface area contributed by atoms with Crippen molar-refractivity contribution in [3.63, 3.8) is 0 Å². The SMILES string of the molecule is Cc1ccc(Cn2c(SCC(=O)N3CCCC[C@@H]3C)nc3ccccc3c2=O)cc1. The lowest BCUT2D eigenvalue weighted by Crippen LogP contribution is -2.43. The van der Waals surface area contributed by atoms with Crippen molar-refractivity contribution in [3.05, 3.63) is 70.0 Å². The van der Waals surface area contributed by atoms with E-state index in [1.54, 1.807) is 4.57 Å². The lowest BCUT2D eigenvalue weighted by Gasteiger charge is -2.33. The number of piperidine rings is 1. The van der Waals surface area contributed by atoms with Crippen molar-refractivity contribution in [2.45, 2.75) is 50.9 Å². The van der Waals surface area contributed by atoms with Crippen molar-refractivity contribution < 1.29 is 4.79 Å².